The van der Waals surface area contributed by atoms with Crippen molar-refractivity contribution in [3.63, 3.8) is 0 Å². The number of amides is 1. The van der Waals surface area contributed by atoms with E-state index >= 15 is 0 Å². The molecule has 0 aliphatic rings. The van der Waals surface area contributed by atoms with Gasteiger partial charge in [0.05, 0.1) is 6.42 Å². The predicted molar refractivity (Wildman–Crippen MR) is 108 cm³/mol. The first kappa shape index (κ1) is 19.2. The third-order valence-corrected chi connectivity index (χ3v) is 4.37. The van der Waals surface area contributed by atoms with Gasteiger partial charge in [-0.1, -0.05) is 29.3 Å². The van der Waals surface area contributed by atoms with Gasteiger partial charge in [0, 0.05) is 10.7 Å². The Balaban J connectivity index is 1.90. The molecular weight excluding hydrogens is 354 g/mol. The van der Waals surface area contributed by atoms with Crippen LogP contribution in [0.25, 0.3) is 0 Å². The topological polar surface area (TPSA) is 53.2 Å². The minimum Gasteiger partial charge on any atom is -0.331 e. The molecule has 2 aromatic rings. The summed E-state index contributed by atoms with van der Waals surface area (Å²) in [6.07, 6.45) is 0.299. The second-order valence-electron chi connectivity index (χ2n) is 6.14. The van der Waals surface area contributed by atoms with Crippen LogP contribution in [0.1, 0.15) is 27.8 Å². The number of rotatable bonds is 3. The summed E-state index contributed by atoms with van der Waals surface area (Å²) in [4.78, 5) is 12.2. The van der Waals surface area contributed by atoms with Crippen LogP contribution < -0.4 is 16.2 Å². The molecule has 2 aromatic carbocycles. The van der Waals surface area contributed by atoms with Crippen LogP contribution in [-0.2, 0) is 11.2 Å². The fraction of sp³-hybridized carbons (Fsp3) is 0.263. The van der Waals surface area contributed by atoms with Gasteiger partial charge in [-0.05, 0) is 80.4 Å². The molecular formula is C19H22ClN3OS. The summed E-state index contributed by atoms with van der Waals surface area (Å²) in [6.45, 7) is 8.02. The van der Waals surface area contributed by atoms with Gasteiger partial charge >= 0.3 is 0 Å². The molecule has 132 valence electrons. The van der Waals surface area contributed by atoms with Crippen molar-refractivity contribution in [2.45, 2.75) is 34.1 Å². The van der Waals surface area contributed by atoms with Crippen molar-refractivity contribution in [2.24, 2.45) is 0 Å². The summed E-state index contributed by atoms with van der Waals surface area (Å²) >= 11 is 11.1. The molecule has 4 nitrogen and oxygen atoms in total. The van der Waals surface area contributed by atoms with Crippen LogP contribution in [0.4, 0.5) is 5.69 Å². The van der Waals surface area contributed by atoms with Gasteiger partial charge < -0.3 is 5.32 Å². The van der Waals surface area contributed by atoms with E-state index in [1.807, 2.05) is 39.8 Å². The summed E-state index contributed by atoms with van der Waals surface area (Å²) in [7, 11) is 0. The summed E-state index contributed by atoms with van der Waals surface area (Å²) in [5.41, 5.74) is 11.6. The molecule has 2 rings (SSSR count). The van der Waals surface area contributed by atoms with Gasteiger partial charge in [0.25, 0.3) is 0 Å². The van der Waals surface area contributed by atoms with Gasteiger partial charge in [0.1, 0.15) is 0 Å². The molecule has 25 heavy (non-hydrogen) atoms. The van der Waals surface area contributed by atoms with Gasteiger partial charge in [-0.25, -0.2) is 0 Å². The van der Waals surface area contributed by atoms with E-state index in [1.165, 1.54) is 5.56 Å². The Hall–Kier alpha value is -2.11. The van der Waals surface area contributed by atoms with Crippen molar-refractivity contribution in [2.75, 3.05) is 5.32 Å². The number of carbonyl (C=O) groups is 1. The SMILES string of the molecule is Cc1cc(C)c(CC(=O)NNC(=S)Nc2ccc(Cl)cc2C)c(C)c1. The van der Waals surface area contributed by atoms with Gasteiger partial charge in [-0.15, -0.1) is 0 Å². The monoisotopic (exact) mass is 375 g/mol. The quantitative estimate of drug-likeness (QED) is 0.557. The van der Waals surface area contributed by atoms with Gasteiger partial charge in [-0.2, -0.15) is 0 Å². The fourth-order valence-corrected chi connectivity index (χ4v) is 3.13. The Labute approximate surface area is 158 Å². The maximum Gasteiger partial charge on any atom is 0.242 e. The average molecular weight is 376 g/mol. The van der Waals surface area contributed by atoms with Crippen molar-refractivity contribution in [1.82, 2.24) is 10.9 Å². The standard InChI is InChI=1S/C19H22ClN3OS/c1-11-7-12(2)16(13(3)8-11)10-18(24)22-23-19(25)21-17-6-5-15(20)9-14(17)4/h5-9H,10H2,1-4H3,(H,22,24)(H2,21,23,25). The van der Waals surface area contributed by atoms with Crippen LogP contribution in [-0.4, -0.2) is 11.0 Å². The van der Waals surface area contributed by atoms with E-state index in [2.05, 4.69) is 28.3 Å². The zero-order valence-corrected chi connectivity index (χ0v) is 16.4. The molecule has 0 spiro atoms. The molecule has 6 heteroatoms. The lowest BCUT2D eigenvalue weighted by Crippen LogP contribution is -2.44. The Morgan fingerprint density at radius 2 is 1.64 bits per heavy atom. The Morgan fingerprint density at radius 1 is 1.00 bits per heavy atom. The molecule has 0 saturated heterocycles. The molecule has 0 aliphatic heterocycles. The summed E-state index contributed by atoms with van der Waals surface area (Å²) < 4.78 is 0. The highest BCUT2D eigenvalue weighted by Gasteiger charge is 2.10. The molecule has 0 fully saturated rings. The Bertz CT molecular complexity index is 797. The minimum absolute atomic E-state index is 0.146. The number of carbonyl (C=O) groups excluding carboxylic acids is 1. The maximum absolute atomic E-state index is 12.2. The van der Waals surface area contributed by atoms with Crippen molar-refractivity contribution in [3.8, 4) is 0 Å². The zero-order valence-electron chi connectivity index (χ0n) is 14.8. The summed E-state index contributed by atoms with van der Waals surface area (Å²) in [5, 5.41) is 4.02. The smallest absolute Gasteiger partial charge is 0.242 e. The molecule has 0 aromatic heterocycles. The minimum atomic E-state index is -0.146. The van der Waals surface area contributed by atoms with E-state index < -0.39 is 0 Å². The third-order valence-electron chi connectivity index (χ3n) is 3.93. The first-order valence-corrected chi connectivity index (χ1v) is 8.73. The van der Waals surface area contributed by atoms with Gasteiger partial charge in [-0.3, -0.25) is 15.6 Å². The highest BCUT2D eigenvalue weighted by atomic mass is 35.5. The fourth-order valence-electron chi connectivity index (χ4n) is 2.74. The van der Waals surface area contributed by atoms with E-state index in [0.29, 0.717) is 16.6 Å². The highest BCUT2D eigenvalue weighted by molar-refractivity contribution is 7.80. The van der Waals surface area contributed by atoms with E-state index in [4.69, 9.17) is 23.8 Å². The molecule has 3 N–H and O–H groups in total. The number of thiocarbonyl (C=S) groups is 1. The molecule has 0 bridgehead atoms. The number of benzene rings is 2. The van der Waals surface area contributed by atoms with Crippen LogP contribution in [0.5, 0.6) is 0 Å². The van der Waals surface area contributed by atoms with Crippen LogP contribution in [0.3, 0.4) is 0 Å². The molecule has 1 amide bonds. The molecule has 0 aliphatic carbocycles. The van der Waals surface area contributed by atoms with E-state index in [0.717, 1.165) is 27.9 Å². The number of anilines is 1. The third kappa shape index (κ3) is 5.44. The second kappa shape index (κ2) is 8.32. The number of nitrogens with one attached hydrogen (secondary N) is 3. The number of aryl methyl sites for hydroxylation is 4. The van der Waals surface area contributed by atoms with Crippen LogP contribution in [0, 0.1) is 27.7 Å². The first-order valence-electron chi connectivity index (χ1n) is 7.95. The van der Waals surface area contributed by atoms with E-state index in [9.17, 15) is 4.79 Å². The first-order chi connectivity index (χ1) is 11.8. The lowest BCUT2D eigenvalue weighted by molar-refractivity contribution is -0.121. The molecule has 0 atom stereocenters. The normalized spacial score (nSPS) is 10.3. The van der Waals surface area contributed by atoms with E-state index in [-0.39, 0.29) is 5.91 Å². The maximum atomic E-state index is 12.2. The molecule has 0 heterocycles. The average Bonchev–Trinajstić information content (AvgIpc) is 2.51. The second-order valence-corrected chi connectivity index (χ2v) is 6.99. The molecule has 0 saturated carbocycles. The Morgan fingerprint density at radius 3 is 2.24 bits per heavy atom. The molecule has 0 unspecified atom stereocenters. The van der Waals surface area contributed by atoms with Gasteiger partial charge in [0.2, 0.25) is 5.91 Å². The number of hydrogen-bond acceptors (Lipinski definition) is 2. The van der Waals surface area contributed by atoms with Crippen LogP contribution in [0.2, 0.25) is 5.02 Å². The number of hydrazine groups is 1. The summed E-state index contributed by atoms with van der Waals surface area (Å²) in [6, 6.07) is 9.62. The highest BCUT2D eigenvalue weighted by Crippen LogP contribution is 2.19. The Kier molecular flexibility index (Phi) is 6.39. The van der Waals surface area contributed by atoms with Crippen LogP contribution in [0.15, 0.2) is 30.3 Å². The van der Waals surface area contributed by atoms with Crippen LogP contribution >= 0.6 is 23.8 Å². The van der Waals surface area contributed by atoms with Crippen molar-refractivity contribution >= 4 is 40.5 Å². The predicted octanol–water partition coefficient (Wildman–Crippen LogP) is 4.13. The van der Waals surface area contributed by atoms with Gasteiger partial charge in [0.15, 0.2) is 5.11 Å². The van der Waals surface area contributed by atoms with Crippen molar-refractivity contribution in [1.29, 1.82) is 0 Å². The summed E-state index contributed by atoms with van der Waals surface area (Å²) in [5.74, 6) is -0.146. The largest absolute Gasteiger partial charge is 0.331 e. The molecule has 0 radical (unpaired) electrons. The van der Waals surface area contributed by atoms with Crippen molar-refractivity contribution in [3.05, 3.63) is 63.2 Å². The lowest BCUT2D eigenvalue weighted by atomic mass is 9.97. The van der Waals surface area contributed by atoms with E-state index in [1.54, 1.807) is 6.07 Å². The van der Waals surface area contributed by atoms with Crippen molar-refractivity contribution < 1.29 is 4.79 Å². The lowest BCUT2D eigenvalue weighted by Gasteiger charge is -2.15. The zero-order chi connectivity index (χ0) is 18.6. The number of halogens is 1. The number of hydrogen-bond donors (Lipinski definition) is 3.